The smallest absolute Gasteiger partial charge is 0.321 e. The zero-order valence-corrected chi connectivity index (χ0v) is 20.3. The van der Waals surface area contributed by atoms with E-state index in [1.807, 2.05) is 84.9 Å². The third-order valence-corrected chi connectivity index (χ3v) is 6.02. The summed E-state index contributed by atoms with van der Waals surface area (Å²) in [6.45, 7) is 0.454. The maximum Gasteiger partial charge on any atom is 0.321 e. The van der Waals surface area contributed by atoms with Gasteiger partial charge in [0.1, 0.15) is 12.4 Å². The van der Waals surface area contributed by atoms with Gasteiger partial charge in [0, 0.05) is 23.9 Å². The molecule has 2 N–H and O–H groups in total. The Balaban J connectivity index is 1.30. The molecule has 7 heteroatoms. The first-order valence-electron chi connectivity index (χ1n) is 11.9. The maximum atomic E-state index is 13.3. The van der Waals surface area contributed by atoms with Crippen LogP contribution in [0, 0.1) is 0 Å². The predicted molar refractivity (Wildman–Crippen MR) is 145 cm³/mol. The highest BCUT2D eigenvalue weighted by molar-refractivity contribution is 6.20. The summed E-state index contributed by atoms with van der Waals surface area (Å²) in [5.74, 6) is 0.350. The zero-order chi connectivity index (χ0) is 25.6. The number of ether oxygens (including phenoxy) is 1. The van der Waals surface area contributed by atoms with Crippen LogP contribution < -0.4 is 20.3 Å². The van der Waals surface area contributed by atoms with Crippen LogP contribution >= 0.6 is 0 Å². The average Bonchev–Trinajstić information content (AvgIpc) is 3.04. The number of rotatable bonds is 6. The number of nitrogens with one attached hydrogen (secondary N) is 2. The number of benzodiazepines with no additional fused rings is 1. The summed E-state index contributed by atoms with van der Waals surface area (Å²) < 4.78 is 5.80. The Morgan fingerprint density at radius 1 is 0.865 bits per heavy atom. The van der Waals surface area contributed by atoms with Crippen molar-refractivity contribution in [2.24, 2.45) is 4.99 Å². The number of carbonyl (C=O) groups excluding carboxylic acids is 2. The van der Waals surface area contributed by atoms with Gasteiger partial charge in [0.2, 0.25) is 6.17 Å². The highest BCUT2D eigenvalue weighted by Crippen LogP contribution is 2.27. The Hall–Kier alpha value is -4.91. The molecule has 37 heavy (non-hydrogen) atoms. The fourth-order valence-electron chi connectivity index (χ4n) is 4.11. The van der Waals surface area contributed by atoms with E-state index in [4.69, 9.17) is 9.73 Å². The monoisotopic (exact) mass is 490 g/mol. The van der Waals surface area contributed by atoms with E-state index in [0.29, 0.717) is 23.8 Å². The number of aliphatic imine (C=N–C) groups is 1. The largest absolute Gasteiger partial charge is 0.489 e. The Morgan fingerprint density at radius 3 is 2.24 bits per heavy atom. The second-order valence-electron chi connectivity index (χ2n) is 8.56. The van der Waals surface area contributed by atoms with Crippen molar-refractivity contribution < 1.29 is 14.3 Å². The van der Waals surface area contributed by atoms with E-state index in [1.54, 1.807) is 31.3 Å². The molecular formula is C30H26N4O3. The van der Waals surface area contributed by atoms with E-state index in [-0.39, 0.29) is 5.91 Å². The number of urea groups is 1. The first kappa shape index (κ1) is 23.8. The number of para-hydroxylation sites is 1. The Labute approximate surface area is 215 Å². The van der Waals surface area contributed by atoms with E-state index in [1.165, 1.54) is 4.90 Å². The van der Waals surface area contributed by atoms with E-state index < -0.39 is 12.2 Å². The fourth-order valence-corrected chi connectivity index (χ4v) is 4.11. The normalized spacial score (nSPS) is 14.7. The minimum atomic E-state index is -1.10. The molecule has 0 saturated heterocycles. The molecule has 1 aliphatic rings. The fraction of sp³-hybridized carbons (Fsp3) is 0.100. The van der Waals surface area contributed by atoms with Gasteiger partial charge in [0.15, 0.2) is 0 Å². The van der Waals surface area contributed by atoms with Crippen LogP contribution in [0.5, 0.6) is 5.75 Å². The first-order chi connectivity index (χ1) is 18.1. The third kappa shape index (κ3) is 5.51. The van der Waals surface area contributed by atoms with Gasteiger partial charge < -0.3 is 20.3 Å². The van der Waals surface area contributed by atoms with Gasteiger partial charge in [-0.3, -0.25) is 4.79 Å². The molecule has 4 aromatic rings. The zero-order valence-electron chi connectivity index (χ0n) is 20.3. The molecule has 0 aromatic heterocycles. The summed E-state index contributed by atoms with van der Waals surface area (Å²) in [5.41, 5.74) is 4.68. The molecular weight excluding hydrogens is 464 g/mol. The third-order valence-electron chi connectivity index (χ3n) is 6.02. The summed E-state index contributed by atoms with van der Waals surface area (Å²) in [7, 11) is 1.69. The van der Waals surface area contributed by atoms with Gasteiger partial charge in [0.25, 0.3) is 5.91 Å². The highest BCUT2D eigenvalue weighted by atomic mass is 16.5. The number of nitrogens with zero attached hydrogens (tertiary/aromatic N) is 2. The van der Waals surface area contributed by atoms with Gasteiger partial charge in [-0.05, 0) is 35.9 Å². The quantitative estimate of drug-likeness (QED) is 0.388. The van der Waals surface area contributed by atoms with Crippen LogP contribution in [0.25, 0.3) is 0 Å². The maximum absolute atomic E-state index is 13.3. The van der Waals surface area contributed by atoms with Gasteiger partial charge in [-0.2, -0.15) is 0 Å². The summed E-state index contributed by atoms with van der Waals surface area (Å²) in [5, 5.41) is 5.50. The molecule has 5 rings (SSSR count). The van der Waals surface area contributed by atoms with E-state index in [9.17, 15) is 9.59 Å². The number of hydrogen-bond acceptors (Lipinski definition) is 4. The summed E-state index contributed by atoms with van der Waals surface area (Å²) >= 11 is 0. The van der Waals surface area contributed by atoms with Crippen molar-refractivity contribution in [2.45, 2.75) is 12.8 Å². The van der Waals surface area contributed by atoms with Gasteiger partial charge in [-0.15, -0.1) is 0 Å². The van der Waals surface area contributed by atoms with Crippen molar-refractivity contribution in [1.29, 1.82) is 0 Å². The molecule has 1 atom stereocenters. The number of amides is 3. The van der Waals surface area contributed by atoms with Crippen LogP contribution in [-0.2, 0) is 11.4 Å². The Kier molecular flexibility index (Phi) is 6.94. The molecule has 0 fully saturated rings. The number of fused-ring (bicyclic) bond motifs is 1. The first-order valence-corrected chi connectivity index (χ1v) is 11.9. The second kappa shape index (κ2) is 10.8. The van der Waals surface area contributed by atoms with Crippen molar-refractivity contribution in [1.82, 2.24) is 5.32 Å². The lowest BCUT2D eigenvalue weighted by atomic mass is 10.0. The molecule has 7 nitrogen and oxygen atoms in total. The van der Waals surface area contributed by atoms with Gasteiger partial charge in [-0.1, -0.05) is 78.9 Å². The molecule has 0 aliphatic carbocycles. The van der Waals surface area contributed by atoms with Gasteiger partial charge in [-0.25, -0.2) is 9.79 Å². The molecule has 3 amide bonds. The van der Waals surface area contributed by atoms with Crippen LogP contribution in [0.2, 0.25) is 0 Å². The second-order valence-corrected chi connectivity index (χ2v) is 8.56. The highest BCUT2D eigenvalue weighted by Gasteiger charge is 2.30. The number of benzene rings is 4. The van der Waals surface area contributed by atoms with Crippen LogP contribution in [-0.4, -0.2) is 30.9 Å². The summed E-state index contributed by atoms with van der Waals surface area (Å²) in [4.78, 5) is 32.4. The molecule has 0 saturated carbocycles. The van der Waals surface area contributed by atoms with Crippen LogP contribution in [0.4, 0.5) is 16.2 Å². The minimum Gasteiger partial charge on any atom is -0.489 e. The van der Waals surface area contributed by atoms with Crippen LogP contribution in [0.3, 0.4) is 0 Å². The molecule has 0 spiro atoms. The number of carbonyl (C=O) groups is 2. The lowest BCUT2D eigenvalue weighted by Crippen LogP contribution is -2.47. The van der Waals surface area contributed by atoms with E-state index in [2.05, 4.69) is 10.6 Å². The van der Waals surface area contributed by atoms with E-state index in [0.717, 1.165) is 22.4 Å². The molecule has 0 unspecified atom stereocenters. The predicted octanol–water partition coefficient (Wildman–Crippen LogP) is 5.23. The van der Waals surface area contributed by atoms with Crippen molar-refractivity contribution in [3.63, 3.8) is 0 Å². The molecule has 1 heterocycles. The molecule has 4 aromatic carbocycles. The number of hydrogen-bond donors (Lipinski definition) is 2. The van der Waals surface area contributed by atoms with Crippen molar-refractivity contribution >= 4 is 29.0 Å². The van der Waals surface area contributed by atoms with Gasteiger partial charge in [0.05, 0.1) is 11.4 Å². The van der Waals surface area contributed by atoms with Crippen molar-refractivity contribution in [3.8, 4) is 5.75 Å². The van der Waals surface area contributed by atoms with E-state index >= 15 is 0 Å². The van der Waals surface area contributed by atoms with Crippen LogP contribution in [0.1, 0.15) is 16.7 Å². The average molecular weight is 491 g/mol. The molecule has 184 valence electrons. The summed E-state index contributed by atoms with van der Waals surface area (Å²) in [6, 6.07) is 33.6. The van der Waals surface area contributed by atoms with Crippen molar-refractivity contribution in [3.05, 3.63) is 126 Å². The molecule has 1 aliphatic heterocycles. The SMILES string of the molecule is CN1C(=O)[C@@H](NC(=O)Nc2ccc(OCc3ccccc3)cc2)N=C(c2ccccc2)c2ccccc21. The number of anilines is 2. The Bertz CT molecular complexity index is 1420. The van der Waals surface area contributed by atoms with Crippen LogP contribution in [0.15, 0.2) is 114 Å². The standard InChI is InChI=1S/C30H26N4O3/c1-34-26-15-9-8-14-25(26)27(22-12-6-3-7-13-22)32-28(29(34)35)33-30(36)31-23-16-18-24(19-17-23)37-20-21-10-4-2-5-11-21/h2-19,28H,20H2,1H3,(H2,31,33,36)/t28-/m1/s1. The lowest BCUT2D eigenvalue weighted by molar-refractivity contribution is -0.119. The Morgan fingerprint density at radius 2 is 1.51 bits per heavy atom. The number of likely N-dealkylation sites (N-methyl/N-ethyl adjacent to an activating group) is 1. The van der Waals surface area contributed by atoms with Crippen molar-refractivity contribution in [2.75, 3.05) is 17.3 Å². The minimum absolute atomic E-state index is 0.335. The van der Waals surface area contributed by atoms with Gasteiger partial charge >= 0.3 is 6.03 Å². The molecule has 0 radical (unpaired) electrons. The topological polar surface area (TPSA) is 83.0 Å². The molecule has 0 bridgehead atoms. The summed E-state index contributed by atoms with van der Waals surface area (Å²) in [6.07, 6.45) is -1.10. The lowest BCUT2D eigenvalue weighted by Gasteiger charge is -2.21.